The van der Waals surface area contributed by atoms with Crippen molar-refractivity contribution in [3.05, 3.63) is 0 Å². The summed E-state index contributed by atoms with van der Waals surface area (Å²) in [6, 6.07) is 0. The Kier molecular flexibility index (Phi) is 6.13. The summed E-state index contributed by atoms with van der Waals surface area (Å²) < 4.78 is 36.5. The van der Waals surface area contributed by atoms with Crippen molar-refractivity contribution in [2.45, 2.75) is 20.0 Å². The SMILES string of the molecule is CC(C)(CBr)CN(CCO)CC(F)(F)F. The Morgan fingerprint density at radius 3 is 2.07 bits per heavy atom. The third kappa shape index (κ3) is 8.04. The zero-order valence-corrected chi connectivity index (χ0v) is 10.5. The number of hydrogen-bond acceptors (Lipinski definition) is 2. The Morgan fingerprint density at radius 2 is 1.73 bits per heavy atom. The highest BCUT2D eigenvalue weighted by Gasteiger charge is 2.32. The zero-order valence-electron chi connectivity index (χ0n) is 8.94. The van der Waals surface area contributed by atoms with Gasteiger partial charge in [0, 0.05) is 18.4 Å². The molecule has 0 radical (unpaired) electrons. The molecule has 0 spiro atoms. The molecule has 0 fully saturated rings. The van der Waals surface area contributed by atoms with Crippen LogP contribution in [0.4, 0.5) is 13.2 Å². The van der Waals surface area contributed by atoms with Gasteiger partial charge in [0.05, 0.1) is 13.2 Å². The first-order valence-corrected chi connectivity index (χ1v) is 5.78. The minimum Gasteiger partial charge on any atom is -0.395 e. The number of alkyl halides is 4. The van der Waals surface area contributed by atoms with Crippen molar-refractivity contribution in [1.82, 2.24) is 4.90 Å². The summed E-state index contributed by atoms with van der Waals surface area (Å²) in [4.78, 5) is 1.22. The number of hydrogen-bond donors (Lipinski definition) is 1. The number of halogens is 4. The molecule has 0 saturated heterocycles. The van der Waals surface area contributed by atoms with E-state index in [1.807, 2.05) is 13.8 Å². The van der Waals surface area contributed by atoms with Crippen molar-refractivity contribution >= 4 is 15.9 Å². The van der Waals surface area contributed by atoms with Gasteiger partial charge < -0.3 is 5.11 Å². The van der Waals surface area contributed by atoms with Crippen molar-refractivity contribution in [2.75, 3.05) is 31.6 Å². The molecule has 1 N–H and O–H groups in total. The van der Waals surface area contributed by atoms with E-state index in [1.54, 1.807) is 0 Å². The predicted molar refractivity (Wildman–Crippen MR) is 57.2 cm³/mol. The van der Waals surface area contributed by atoms with E-state index in [9.17, 15) is 13.2 Å². The van der Waals surface area contributed by atoms with Crippen LogP contribution >= 0.6 is 15.9 Å². The van der Waals surface area contributed by atoms with Crippen LogP contribution in [0.2, 0.25) is 0 Å². The van der Waals surface area contributed by atoms with Crippen molar-refractivity contribution < 1.29 is 18.3 Å². The van der Waals surface area contributed by atoms with Gasteiger partial charge in [-0.3, -0.25) is 4.90 Å². The molecule has 0 amide bonds. The maximum absolute atomic E-state index is 12.2. The molecule has 0 saturated carbocycles. The van der Waals surface area contributed by atoms with E-state index in [-0.39, 0.29) is 18.6 Å². The van der Waals surface area contributed by atoms with Crippen LogP contribution in [0.25, 0.3) is 0 Å². The van der Waals surface area contributed by atoms with Crippen LogP contribution in [0.5, 0.6) is 0 Å². The first-order chi connectivity index (χ1) is 6.70. The molecule has 15 heavy (non-hydrogen) atoms. The quantitative estimate of drug-likeness (QED) is 0.759. The molecule has 0 unspecified atom stereocenters. The highest BCUT2D eigenvalue weighted by molar-refractivity contribution is 9.09. The topological polar surface area (TPSA) is 23.5 Å². The molecule has 2 nitrogen and oxygen atoms in total. The lowest BCUT2D eigenvalue weighted by Crippen LogP contribution is -2.42. The summed E-state index contributed by atoms with van der Waals surface area (Å²) in [6.45, 7) is 2.89. The van der Waals surface area contributed by atoms with Crippen molar-refractivity contribution in [3.8, 4) is 0 Å². The second-order valence-electron chi connectivity index (χ2n) is 4.35. The minimum absolute atomic E-state index is 0.0515. The summed E-state index contributed by atoms with van der Waals surface area (Å²) in [7, 11) is 0. The molecular weight excluding hydrogens is 275 g/mol. The Balaban J connectivity index is 4.28. The maximum Gasteiger partial charge on any atom is 0.401 e. The summed E-state index contributed by atoms with van der Waals surface area (Å²) in [5.74, 6) is 0. The summed E-state index contributed by atoms with van der Waals surface area (Å²) in [5.41, 5.74) is -0.236. The van der Waals surface area contributed by atoms with Gasteiger partial charge in [-0.15, -0.1) is 0 Å². The molecule has 0 aliphatic heterocycles. The smallest absolute Gasteiger partial charge is 0.395 e. The van der Waals surface area contributed by atoms with Crippen LogP contribution in [-0.2, 0) is 0 Å². The number of nitrogens with zero attached hydrogens (tertiary/aromatic N) is 1. The highest BCUT2D eigenvalue weighted by atomic mass is 79.9. The van der Waals surface area contributed by atoms with Gasteiger partial charge in [-0.05, 0) is 5.41 Å². The molecule has 0 heterocycles. The maximum atomic E-state index is 12.2. The monoisotopic (exact) mass is 291 g/mol. The Hall–Kier alpha value is 0.190. The van der Waals surface area contributed by atoms with Gasteiger partial charge >= 0.3 is 6.18 Å². The summed E-state index contributed by atoms with van der Waals surface area (Å²) >= 11 is 3.26. The molecule has 0 aromatic carbocycles. The van der Waals surface area contributed by atoms with Crippen molar-refractivity contribution in [1.29, 1.82) is 0 Å². The fraction of sp³-hybridized carbons (Fsp3) is 1.00. The molecule has 0 aromatic rings. The third-order valence-corrected chi connectivity index (χ3v) is 3.35. The van der Waals surface area contributed by atoms with Gasteiger partial charge in [-0.1, -0.05) is 29.8 Å². The Morgan fingerprint density at radius 1 is 1.20 bits per heavy atom. The second kappa shape index (κ2) is 6.06. The molecule has 0 aromatic heterocycles. The van der Waals surface area contributed by atoms with Gasteiger partial charge in [0.2, 0.25) is 0 Å². The van der Waals surface area contributed by atoms with E-state index in [0.29, 0.717) is 11.9 Å². The molecule has 0 rings (SSSR count). The lowest BCUT2D eigenvalue weighted by molar-refractivity contribution is -0.149. The van der Waals surface area contributed by atoms with E-state index < -0.39 is 12.7 Å². The average molecular weight is 292 g/mol. The number of aliphatic hydroxyl groups is 1. The first kappa shape index (κ1) is 15.2. The highest BCUT2D eigenvalue weighted by Crippen LogP contribution is 2.23. The van der Waals surface area contributed by atoms with E-state index in [0.717, 1.165) is 0 Å². The van der Waals surface area contributed by atoms with Gasteiger partial charge in [-0.2, -0.15) is 13.2 Å². The van der Waals surface area contributed by atoms with Crippen LogP contribution in [-0.4, -0.2) is 47.8 Å². The lowest BCUT2D eigenvalue weighted by Gasteiger charge is -2.31. The molecule has 0 aliphatic carbocycles. The first-order valence-electron chi connectivity index (χ1n) is 4.66. The lowest BCUT2D eigenvalue weighted by atomic mass is 9.96. The summed E-state index contributed by atoms with van der Waals surface area (Å²) in [5, 5.41) is 9.31. The van der Waals surface area contributed by atoms with Crippen LogP contribution in [0.3, 0.4) is 0 Å². The van der Waals surface area contributed by atoms with Gasteiger partial charge in [0.1, 0.15) is 0 Å². The van der Waals surface area contributed by atoms with Gasteiger partial charge in [0.15, 0.2) is 0 Å². The standard InChI is InChI=1S/C9H17BrF3NO/c1-8(2,5-10)6-14(3-4-15)7-9(11,12)13/h15H,3-7H2,1-2H3. The van der Waals surface area contributed by atoms with E-state index in [4.69, 9.17) is 5.11 Å². The predicted octanol–water partition coefficient (Wildman–Crippen LogP) is 2.26. The zero-order chi connectivity index (χ0) is 12.1. The second-order valence-corrected chi connectivity index (χ2v) is 4.91. The Bertz CT molecular complexity index is 185. The van der Waals surface area contributed by atoms with Crippen molar-refractivity contribution in [3.63, 3.8) is 0 Å². The number of aliphatic hydroxyl groups excluding tert-OH is 1. The van der Waals surface area contributed by atoms with E-state index in [1.165, 1.54) is 4.90 Å². The normalized spacial score (nSPS) is 13.6. The van der Waals surface area contributed by atoms with Crippen LogP contribution in [0.15, 0.2) is 0 Å². The minimum atomic E-state index is -4.21. The molecule has 92 valence electrons. The third-order valence-electron chi connectivity index (χ3n) is 1.83. The van der Waals surface area contributed by atoms with E-state index in [2.05, 4.69) is 15.9 Å². The average Bonchev–Trinajstić information content (AvgIpc) is 2.01. The number of rotatable bonds is 6. The largest absolute Gasteiger partial charge is 0.401 e. The molecule has 0 aliphatic rings. The van der Waals surface area contributed by atoms with Crippen LogP contribution in [0, 0.1) is 5.41 Å². The molecule has 0 atom stereocenters. The van der Waals surface area contributed by atoms with Gasteiger partial charge in [-0.25, -0.2) is 0 Å². The fourth-order valence-electron chi connectivity index (χ4n) is 1.26. The van der Waals surface area contributed by atoms with Crippen LogP contribution < -0.4 is 0 Å². The fourth-order valence-corrected chi connectivity index (χ4v) is 1.43. The molecule has 0 bridgehead atoms. The molecular formula is C9H17BrF3NO. The van der Waals surface area contributed by atoms with Gasteiger partial charge in [0.25, 0.3) is 0 Å². The summed E-state index contributed by atoms with van der Waals surface area (Å²) in [6.07, 6.45) is -4.21. The molecule has 6 heteroatoms. The van der Waals surface area contributed by atoms with E-state index >= 15 is 0 Å². The Labute approximate surface area is 96.6 Å². The van der Waals surface area contributed by atoms with Crippen LogP contribution in [0.1, 0.15) is 13.8 Å². The van der Waals surface area contributed by atoms with Crippen molar-refractivity contribution in [2.24, 2.45) is 5.41 Å².